The van der Waals surface area contributed by atoms with Crippen molar-refractivity contribution in [3.63, 3.8) is 0 Å². The van der Waals surface area contributed by atoms with Crippen LogP contribution in [0, 0.1) is 0 Å². The minimum atomic E-state index is -1.59. The van der Waals surface area contributed by atoms with Gasteiger partial charge in [0, 0.05) is 30.3 Å². The van der Waals surface area contributed by atoms with E-state index in [0.717, 1.165) is 0 Å². The van der Waals surface area contributed by atoms with Crippen molar-refractivity contribution >= 4 is 17.5 Å². The van der Waals surface area contributed by atoms with Crippen molar-refractivity contribution in [2.75, 3.05) is 13.1 Å². The van der Waals surface area contributed by atoms with Gasteiger partial charge in [0.15, 0.2) is 5.67 Å². The molecule has 1 fully saturated rings. The van der Waals surface area contributed by atoms with Crippen LogP contribution in [0.1, 0.15) is 22.3 Å². The number of benzene rings is 1. The fraction of sp³-hybridized carbons (Fsp3) is 0.250. The molecule has 4 nitrogen and oxygen atoms in total. The lowest BCUT2D eigenvalue weighted by Gasteiger charge is -2.21. The first-order valence-corrected chi connectivity index (χ1v) is 7.29. The van der Waals surface area contributed by atoms with E-state index in [9.17, 15) is 9.59 Å². The van der Waals surface area contributed by atoms with Crippen molar-refractivity contribution in [2.45, 2.75) is 12.1 Å². The average Bonchev–Trinajstić information content (AvgIpc) is 2.91. The fourth-order valence-electron chi connectivity index (χ4n) is 2.68. The van der Waals surface area contributed by atoms with Gasteiger partial charge in [-0.2, -0.15) is 0 Å². The lowest BCUT2D eigenvalue weighted by atomic mass is 9.95. The predicted octanol–water partition coefficient (Wildman–Crippen LogP) is 2.74. The predicted molar refractivity (Wildman–Crippen MR) is 81.8 cm³/mol. The molecule has 6 heteroatoms. The van der Waals surface area contributed by atoms with Gasteiger partial charge in [-0.1, -0.05) is 23.7 Å². The van der Waals surface area contributed by atoms with Crippen molar-refractivity contribution in [3.05, 3.63) is 69.1 Å². The molecule has 2 aromatic rings. The minimum Gasteiger partial charge on any atom is -0.335 e. The van der Waals surface area contributed by atoms with Gasteiger partial charge in [-0.15, -0.1) is 0 Å². The number of hydrogen-bond donors (Lipinski definition) is 1. The first kappa shape index (κ1) is 14.8. The van der Waals surface area contributed by atoms with Gasteiger partial charge in [0.25, 0.3) is 5.91 Å². The zero-order valence-corrected chi connectivity index (χ0v) is 12.4. The van der Waals surface area contributed by atoms with Crippen LogP contribution in [-0.4, -0.2) is 28.9 Å². The largest absolute Gasteiger partial charge is 0.335 e. The Bertz CT molecular complexity index is 756. The smallest absolute Gasteiger partial charge is 0.255 e. The molecule has 1 aromatic carbocycles. The Kier molecular flexibility index (Phi) is 3.74. The van der Waals surface area contributed by atoms with E-state index in [1.807, 2.05) is 0 Å². The number of alkyl halides is 1. The number of hydrogen-bond acceptors (Lipinski definition) is 2. The molecular formula is C16H14ClFN2O2. The van der Waals surface area contributed by atoms with E-state index in [4.69, 9.17) is 11.6 Å². The number of H-pyrrole nitrogens is 1. The van der Waals surface area contributed by atoms with Crippen LogP contribution in [0.25, 0.3) is 0 Å². The van der Waals surface area contributed by atoms with E-state index in [1.165, 1.54) is 23.2 Å². The van der Waals surface area contributed by atoms with Gasteiger partial charge in [0.05, 0.1) is 12.1 Å². The van der Waals surface area contributed by atoms with E-state index < -0.39 is 5.67 Å². The maximum atomic E-state index is 15.1. The zero-order chi connectivity index (χ0) is 15.7. The van der Waals surface area contributed by atoms with Crippen LogP contribution in [0.15, 0.2) is 47.4 Å². The fourth-order valence-corrected chi connectivity index (χ4v) is 2.87. The van der Waals surface area contributed by atoms with Crippen molar-refractivity contribution < 1.29 is 9.18 Å². The van der Waals surface area contributed by atoms with Crippen LogP contribution < -0.4 is 5.56 Å². The van der Waals surface area contributed by atoms with Crippen LogP contribution in [0.2, 0.25) is 5.02 Å². The number of carbonyl (C=O) groups excluding carboxylic acids is 1. The Hall–Kier alpha value is -2.14. The molecule has 0 spiro atoms. The Balaban J connectivity index is 1.80. The van der Waals surface area contributed by atoms with Crippen molar-refractivity contribution in [2.24, 2.45) is 0 Å². The number of nitrogens with zero attached hydrogens (tertiary/aromatic N) is 1. The van der Waals surface area contributed by atoms with Crippen molar-refractivity contribution in [1.82, 2.24) is 9.88 Å². The molecule has 114 valence electrons. The summed E-state index contributed by atoms with van der Waals surface area (Å²) in [6.45, 7) is 0.298. The van der Waals surface area contributed by atoms with Gasteiger partial charge < -0.3 is 9.88 Å². The summed E-state index contributed by atoms with van der Waals surface area (Å²) >= 11 is 5.91. The van der Waals surface area contributed by atoms with Crippen molar-refractivity contribution in [1.29, 1.82) is 0 Å². The van der Waals surface area contributed by atoms with E-state index in [0.29, 0.717) is 22.7 Å². The van der Waals surface area contributed by atoms with E-state index >= 15 is 4.39 Å². The summed E-state index contributed by atoms with van der Waals surface area (Å²) in [5, 5.41) is 0.472. The Morgan fingerprint density at radius 1 is 1.32 bits per heavy atom. The number of rotatable bonds is 2. The number of carbonyl (C=O) groups is 1. The standard InChI is InChI=1S/C16H14ClFN2O2/c17-13-3-1-2-12(8-13)16(18)6-7-20(10-16)15(22)11-4-5-14(21)19-9-11/h1-5,8-9H,6-7,10H2,(H,19,21). The summed E-state index contributed by atoms with van der Waals surface area (Å²) in [5.41, 5.74) is -1.05. The molecule has 1 aromatic heterocycles. The molecule has 0 radical (unpaired) electrons. The number of aromatic nitrogens is 1. The van der Waals surface area contributed by atoms with Gasteiger partial charge in [-0.05, 0) is 23.8 Å². The summed E-state index contributed by atoms with van der Waals surface area (Å²) in [6.07, 6.45) is 1.57. The second-order valence-electron chi connectivity index (χ2n) is 5.39. The maximum absolute atomic E-state index is 15.1. The summed E-state index contributed by atoms with van der Waals surface area (Å²) in [7, 11) is 0. The van der Waals surface area contributed by atoms with Gasteiger partial charge >= 0.3 is 0 Å². The molecule has 0 bridgehead atoms. The lowest BCUT2D eigenvalue weighted by molar-refractivity contribution is 0.0750. The second kappa shape index (κ2) is 5.57. The van der Waals surface area contributed by atoms with Gasteiger partial charge in [0.1, 0.15) is 0 Å². The third-order valence-electron chi connectivity index (χ3n) is 3.88. The molecule has 0 saturated carbocycles. The molecule has 1 unspecified atom stereocenters. The van der Waals surface area contributed by atoms with E-state index in [-0.39, 0.29) is 24.4 Å². The first-order chi connectivity index (χ1) is 10.5. The number of likely N-dealkylation sites (tertiary alicyclic amines) is 1. The second-order valence-corrected chi connectivity index (χ2v) is 5.83. The van der Waals surface area contributed by atoms with Crippen LogP contribution in [0.3, 0.4) is 0 Å². The van der Waals surface area contributed by atoms with Crippen LogP contribution >= 0.6 is 11.6 Å². The third-order valence-corrected chi connectivity index (χ3v) is 4.11. The Morgan fingerprint density at radius 3 is 2.82 bits per heavy atom. The lowest BCUT2D eigenvalue weighted by Crippen LogP contribution is -2.32. The first-order valence-electron chi connectivity index (χ1n) is 6.91. The summed E-state index contributed by atoms with van der Waals surface area (Å²) < 4.78 is 15.1. The molecule has 0 aliphatic carbocycles. The number of nitrogens with one attached hydrogen (secondary N) is 1. The normalized spacial score (nSPS) is 21.1. The SMILES string of the molecule is O=C(c1ccc(=O)[nH]c1)N1CCC(F)(c2cccc(Cl)c2)C1. The molecule has 2 heterocycles. The number of aromatic amines is 1. The third kappa shape index (κ3) is 2.76. The van der Waals surface area contributed by atoms with E-state index in [1.54, 1.807) is 24.3 Å². The van der Waals surface area contributed by atoms with Crippen molar-refractivity contribution in [3.8, 4) is 0 Å². The quantitative estimate of drug-likeness (QED) is 0.925. The van der Waals surface area contributed by atoms with Gasteiger partial charge in [-0.25, -0.2) is 4.39 Å². The highest BCUT2D eigenvalue weighted by molar-refractivity contribution is 6.30. The molecule has 3 rings (SSSR count). The van der Waals surface area contributed by atoms with Crippen LogP contribution in [-0.2, 0) is 5.67 Å². The molecule has 1 aliphatic heterocycles. The molecule has 1 saturated heterocycles. The summed E-state index contributed by atoms with van der Waals surface area (Å²) in [4.78, 5) is 27.3. The number of halogens is 2. The van der Waals surface area contributed by atoms with Crippen LogP contribution in [0.5, 0.6) is 0 Å². The topological polar surface area (TPSA) is 53.2 Å². The average molecular weight is 321 g/mol. The minimum absolute atomic E-state index is 0.0225. The summed E-state index contributed by atoms with van der Waals surface area (Å²) in [5.74, 6) is -0.294. The molecule has 1 amide bonds. The molecular weight excluding hydrogens is 307 g/mol. The highest BCUT2D eigenvalue weighted by Gasteiger charge is 2.42. The van der Waals surface area contributed by atoms with Gasteiger partial charge in [-0.3, -0.25) is 9.59 Å². The molecule has 22 heavy (non-hydrogen) atoms. The molecule has 1 N–H and O–H groups in total. The van der Waals surface area contributed by atoms with E-state index in [2.05, 4.69) is 4.98 Å². The molecule has 1 aliphatic rings. The van der Waals surface area contributed by atoms with Gasteiger partial charge in [0.2, 0.25) is 5.56 Å². The Labute approximate surface area is 131 Å². The highest BCUT2D eigenvalue weighted by atomic mass is 35.5. The monoisotopic (exact) mass is 320 g/mol. The maximum Gasteiger partial charge on any atom is 0.255 e. The number of pyridine rings is 1. The summed E-state index contributed by atoms with van der Waals surface area (Å²) in [6, 6.07) is 9.38. The Morgan fingerprint density at radius 2 is 2.14 bits per heavy atom. The number of amides is 1. The van der Waals surface area contributed by atoms with Crippen LogP contribution in [0.4, 0.5) is 4.39 Å². The molecule has 1 atom stereocenters. The highest BCUT2D eigenvalue weighted by Crippen LogP contribution is 2.37. The zero-order valence-electron chi connectivity index (χ0n) is 11.7.